The third kappa shape index (κ3) is 2.67. The highest BCUT2D eigenvalue weighted by atomic mass is 16.5. The Hall–Kier alpha value is -0.610. The van der Waals surface area contributed by atoms with Gasteiger partial charge in [-0.2, -0.15) is 0 Å². The average molecular weight is 186 g/mol. The van der Waals surface area contributed by atoms with Crippen molar-refractivity contribution in [1.29, 1.82) is 0 Å². The van der Waals surface area contributed by atoms with E-state index in [0.29, 0.717) is 6.61 Å². The summed E-state index contributed by atoms with van der Waals surface area (Å²) >= 11 is 0. The van der Waals surface area contributed by atoms with E-state index < -0.39 is 0 Å². The number of nitrogens with zero attached hydrogens (tertiary/aromatic N) is 1. The molecule has 13 heavy (non-hydrogen) atoms. The van der Waals surface area contributed by atoms with Crippen LogP contribution in [0.5, 0.6) is 0 Å². The number of nitrogens with two attached hydrogens (primary N) is 1. The van der Waals surface area contributed by atoms with Gasteiger partial charge < -0.3 is 15.4 Å². The van der Waals surface area contributed by atoms with Gasteiger partial charge in [0.25, 0.3) is 5.91 Å². The second-order valence-corrected chi connectivity index (χ2v) is 3.51. The molecule has 1 aliphatic rings. The summed E-state index contributed by atoms with van der Waals surface area (Å²) in [6, 6.07) is 0.107. The van der Waals surface area contributed by atoms with Gasteiger partial charge in [0.05, 0.1) is 6.61 Å². The number of rotatable bonds is 2. The zero-order valence-corrected chi connectivity index (χ0v) is 8.32. The van der Waals surface area contributed by atoms with Crippen LogP contribution >= 0.6 is 0 Å². The number of carbonyl (C=O) groups is 1. The van der Waals surface area contributed by atoms with Crippen molar-refractivity contribution in [2.45, 2.75) is 31.9 Å². The van der Waals surface area contributed by atoms with Crippen LogP contribution in [0.25, 0.3) is 0 Å². The van der Waals surface area contributed by atoms with Gasteiger partial charge in [0.15, 0.2) is 0 Å². The highest BCUT2D eigenvalue weighted by Gasteiger charge is 2.26. The van der Waals surface area contributed by atoms with E-state index in [1.807, 2.05) is 6.92 Å². The summed E-state index contributed by atoms with van der Waals surface area (Å²) in [7, 11) is 1.79. The van der Waals surface area contributed by atoms with Crippen LogP contribution in [0.2, 0.25) is 0 Å². The fourth-order valence-corrected chi connectivity index (χ4v) is 1.37. The zero-order valence-electron chi connectivity index (χ0n) is 8.32. The van der Waals surface area contributed by atoms with Crippen LogP contribution in [-0.4, -0.2) is 43.2 Å². The minimum Gasteiger partial charge on any atom is -0.367 e. The van der Waals surface area contributed by atoms with Crippen LogP contribution in [0.3, 0.4) is 0 Å². The van der Waals surface area contributed by atoms with Gasteiger partial charge in [-0.3, -0.25) is 4.79 Å². The lowest BCUT2D eigenvalue weighted by atomic mass is 10.1. The molecule has 1 unspecified atom stereocenters. The third-order valence-corrected chi connectivity index (χ3v) is 2.44. The average Bonchev–Trinajstić information content (AvgIpc) is 2.17. The summed E-state index contributed by atoms with van der Waals surface area (Å²) in [6.07, 6.45) is 1.38. The quantitative estimate of drug-likeness (QED) is 0.659. The number of hydrogen-bond acceptors (Lipinski definition) is 3. The molecule has 0 spiro atoms. The number of amides is 1. The Morgan fingerprint density at radius 2 is 2.31 bits per heavy atom. The van der Waals surface area contributed by atoms with Gasteiger partial charge in [-0.15, -0.1) is 0 Å². The molecule has 0 aliphatic carbocycles. The smallest absolute Gasteiger partial charge is 0.251 e. The van der Waals surface area contributed by atoms with E-state index in [2.05, 4.69) is 0 Å². The topological polar surface area (TPSA) is 55.6 Å². The molecule has 1 rings (SSSR count). The lowest BCUT2D eigenvalue weighted by Gasteiger charge is -2.28. The van der Waals surface area contributed by atoms with Crippen LogP contribution in [-0.2, 0) is 9.53 Å². The largest absolute Gasteiger partial charge is 0.367 e. The Bertz CT molecular complexity index is 176. The van der Waals surface area contributed by atoms with Gasteiger partial charge in [-0.25, -0.2) is 0 Å². The third-order valence-electron chi connectivity index (χ3n) is 2.44. The van der Waals surface area contributed by atoms with Gasteiger partial charge in [0, 0.05) is 19.6 Å². The minimum atomic E-state index is -0.259. The molecule has 0 radical (unpaired) electrons. The maximum absolute atomic E-state index is 11.6. The van der Waals surface area contributed by atoms with Crippen molar-refractivity contribution < 1.29 is 9.53 Å². The minimum absolute atomic E-state index is 0.0781. The second-order valence-electron chi connectivity index (χ2n) is 3.51. The molecule has 1 saturated heterocycles. The summed E-state index contributed by atoms with van der Waals surface area (Å²) in [6.45, 7) is 3.19. The fraction of sp³-hybridized carbons (Fsp3) is 0.889. The lowest BCUT2D eigenvalue weighted by Crippen LogP contribution is -2.44. The van der Waals surface area contributed by atoms with Crippen molar-refractivity contribution >= 4 is 5.91 Å². The molecule has 1 aliphatic heterocycles. The Morgan fingerprint density at radius 3 is 2.77 bits per heavy atom. The standard InChI is InChI=1S/C9H18N2O2/c1-3-11(2)9(12)8-5-4-7(10)6-13-8/h7-8H,3-6,10H2,1-2H3/t7-,8?/m1/s1. The molecule has 0 aromatic heterocycles. The molecule has 0 bridgehead atoms. The second kappa shape index (κ2) is 4.58. The fourth-order valence-electron chi connectivity index (χ4n) is 1.37. The van der Waals surface area contributed by atoms with Crippen LogP contribution in [0.15, 0.2) is 0 Å². The van der Waals surface area contributed by atoms with Crippen molar-refractivity contribution in [3.8, 4) is 0 Å². The molecule has 1 fully saturated rings. The predicted molar refractivity (Wildman–Crippen MR) is 50.3 cm³/mol. The molecule has 0 saturated carbocycles. The first kappa shape index (κ1) is 10.5. The van der Waals surface area contributed by atoms with Crippen molar-refractivity contribution in [3.63, 3.8) is 0 Å². The van der Waals surface area contributed by atoms with Crippen LogP contribution in [0.1, 0.15) is 19.8 Å². The molecule has 0 aromatic carbocycles. The maximum Gasteiger partial charge on any atom is 0.251 e. The van der Waals surface area contributed by atoms with Crippen LogP contribution < -0.4 is 5.73 Å². The summed E-state index contributed by atoms with van der Waals surface area (Å²) in [5.41, 5.74) is 5.66. The Labute approximate surface area is 79.0 Å². The molecule has 76 valence electrons. The first-order chi connectivity index (χ1) is 6.15. The van der Waals surface area contributed by atoms with E-state index in [1.54, 1.807) is 11.9 Å². The summed E-state index contributed by atoms with van der Waals surface area (Å²) in [5.74, 6) is 0.0781. The first-order valence-corrected chi connectivity index (χ1v) is 4.77. The molecule has 2 atom stereocenters. The van der Waals surface area contributed by atoms with E-state index in [4.69, 9.17) is 10.5 Å². The van der Waals surface area contributed by atoms with E-state index >= 15 is 0 Å². The monoisotopic (exact) mass is 186 g/mol. The van der Waals surface area contributed by atoms with E-state index in [1.165, 1.54) is 0 Å². The molecular weight excluding hydrogens is 168 g/mol. The molecule has 4 heteroatoms. The number of carbonyl (C=O) groups excluding carboxylic acids is 1. The Morgan fingerprint density at radius 1 is 1.62 bits per heavy atom. The normalized spacial score (nSPS) is 28.5. The number of hydrogen-bond donors (Lipinski definition) is 1. The first-order valence-electron chi connectivity index (χ1n) is 4.77. The zero-order chi connectivity index (χ0) is 9.84. The highest BCUT2D eigenvalue weighted by molar-refractivity contribution is 5.80. The SMILES string of the molecule is CCN(C)C(=O)C1CC[C@@H](N)CO1. The van der Waals surface area contributed by atoms with Crippen molar-refractivity contribution in [2.75, 3.05) is 20.2 Å². The summed E-state index contributed by atoms with van der Waals surface area (Å²) < 4.78 is 5.36. The molecule has 0 aromatic rings. The molecule has 1 amide bonds. The Balaban J connectivity index is 2.40. The lowest BCUT2D eigenvalue weighted by molar-refractivity contribution is -0.145. The summed E-state index contributed by atoms with van der Waals surface area (Å²) in [4.78, 5) is 13.3. The van der Waals surface area contributed by atoms with Gasteiger partial charge in [-0.1, -0.05) is 0 Å². The molecule has 2 N–H and O–H groups in total. The Kier molecular flexibility index (Phi) is 3.69. The predicted octanol–water partition coefficient (Wildman–Crippen LogP) is -0.0290. The number of ether oxygens (including phenoxy) is 1. The maximum atomic E-state index is 11.6. The molecular formula is C9H18N2O2. The van der Waals surface area contributed by atoms with Crippen LogP contribution in [0, 0.1) is 0 Å². The van der Waals surface area contributed by atoms with Crippen molar-refractivity contribution in [2.24, 2.45) is 5.73 Å². The molecule has 1 heterocycles. The van der Waals surface area contributed by atoms with Gasteiger partial charge >= 0.3 is 0 Å². The molecule has 4 nitrogen and oxygen atoms in total. The van der Waals surface area contributed by atoms with Gasteiger partial charge in [0.2, 0.25) is 0 Å². The van der Waals surface area contributed by atoms with E-state index in [9.17, 15) is 4.79 Å². The van der Waals surface area contributed by atoms with Crippen molar-refractivity contribution in [3.05, 3.63) is 0 Å². The van der Waals surface area contributed by atoms with Crippen LogP contribution in [0.4, 0.5) is 0 Å². The van der Waals surface area contributed by atoms with Crippen molar-refractivity contribution in [1.82, 2.24) is 4.90 Å². The van der Waals surface area contributed by atoms with E-state index in [0.717, 1.165) is 19.4 Å². The van der Waals surface area contributed by atoms with Gasteiger partial charge in [0.1, 0.15) is 6.10 Å². The van der Waals surface area contributed by atoms with Gasteiger partial charge in [-0.05, 0) is 19.8 Å². The highest BCUT2D eigenvalue weighted by Crippen LogP contribution is 2.13. The van der Waals surface area contributed by atoms with E-state index in [-0.39, 0.29) is 18.1 Å². The summed E-state index contributed by atoms with van der Waals surface area (Å²) in [5, 5.41) is 0. The number of likely N-dealkylation sites (N-methyl/N-ethyl adjacent to an activating group) is 1.